The van der Waals surface area contributed by atoms with Gasteiger partial charge in [0.05, 0.1) is 16.0 Å². The number of aromatic nitrogens is 1. The number of benzene rings is 2. The van der Waals surface area contributed by atoms with Gasteiger partial charge in [-0.3, -0.25) is 19.5 Å². The van der Waals surface area contributed by atoms with Crippen molar-refractivity contribution in [1.29, 1.82) is 0 Å². The fourth-order valence-electron chi connectivity index (χ4n) is 3.06. The molecule has 1 aliphatic rings. The van der Waals surface area contributed by atoms with Crippen molar-refractivity contribution in [1.82, 2.24) is 9.71 Å². The summed E-state index contributed by atoms with van der Waals surface area (Å²) in [5, 5.41) is 3.61. The van der Waals surface area contributed by atoms with Crippen LogP contribution in [0.5, 0.6) is 0 Å². The van der Waals surface area contributed by atoms with Crippen LogP contribution in [-0.4, -0.2) is 31.7 Å². The number of amidine groups is 1. The summed E-state index contributed by atoms with van der Waals surface area (Å²) in [7, 11) is -3.75. The van der Waals surface area contributed by atoms with E-state index in [9.17, 15) is 13.2 Å². The lowest BCUT2D eigenvalue weighted by Gasteiger charge is -2.11. The van der Waals surface area contributed by atoms with Crippen molar-refractivity contribution in [2.75, 3.05) is 11.9 Å². The molecule has 142 valence electrons. The van der Waals surface area contributed by atoms with Gasteiger partial charge in [0, 0.05) is 30.2 Å². The van der Waals surface area contributed by atoms with Crippen LogP contribution in [-0.2, 0) is 10.0 Å². The Balaban J connectivity index is 1.58. The number of rotatable bonds is 4. The van der Waals surface area contributed by atoms with Gasteiger partial charge >= 0.3 is 0 Å². The first-order valence-electron chi connectivity index (χ1n) is 8.84. The molecule has 0 fully saturated rings. The number of nitrogens with zero attached hydrogens (tertiary/aromatic N) is 2. The molecule has 0 spiro atoms. The number of hydrogen-bond donors (Lipinski definition) is 2. The van der Waals surface area contributed by atoms with Crippen LogP contribution in [0.3, 0.4) is 0 Å². The zero-order chi connectivity index (χ0) is 19.6. The fourth-order valence-corrected chi connectivity index (χ4v) is 4.20. The Morgan fingerprint density at radius 3 is 2.68 bits per heavy atom. The molecule has 0 atom stereocenters. The third-order valence-electron chi connectivity index (χ3n) is 4.41. The number of sulfonamides is 1. The molecule has 0 aliphatic carbocycles. The van der Waals surface area contributed by atoms with E-state index in [0.29, 0.717) is 35.6 Å². The third-order valence-corrected chi connectivity index (χ3v) is 5.78. The van der Waals surface area contributed by atoms with Gasteiger partial charge < -0.3 is 5.32 Å². The van der Waals surface area contributed by atoms with Crippen molar-refractivity contribution < 1.29 is 13.2 Å². The number of nitrogens with one attached hydrogen (secondary N) is 2. The third kappa shape index (κ3) is 3.72. The van der Waals surface area contributed by atoms with Gasteiger partial charge in [-0.05, 0) is 36.8 Å². The van der Waals surface area contributed by atoms with E-state index in [4.69, 9.17) is 0 Å². The van der Waals surface area contributed by atoms with E-state index in [2.05, 4.69) is 20.0 Å². The molecule has 1 amide bonds. The number of fused-ring (bicyclic) bond motifs is 1. The van der Waals surface area contributed by atoms with Crippen LogP contribution in [0.2, 0.25) is 0 Å². The summed E-state index contributed by atoms with van der Waals surface area (Å²) in [4.78, 5) is 21.2. The summed E-state index contributed by atoms with van der Waals surface area (Å²) in [6, 6.07) is 15.2. The molecule has 7 nitrogen and oxygen atoms in total. The molecular weight excluding hydrogens is 376 g/mol. The number of hydrogen-bond acceptors (Lipinski definition) is 5. The lowest BCUT2D eigenvalue weighted by molar-refractivity contribution is 0.102. The summed E-state index contributed by atoms with van der Waals surface area (Å²) in [6.45, 7) is 0.632. The molecule has 0 unspecified atom stereocenters. The molecule has 3 aromatic rings. The highest BCUT2D eigenvalue weighted by atomic mass is 32.2. The van der Waals surface area contributed by atoms with E-state index in [1.54, 1.807) is 36.5 Å². The maximum Gasteiger partial charge on any atom is 0.262 e. The van der Waals surface area contributed by atoms with E-state index < -0.39 is 10.0 Å². The molecule has 2 aromatic carbocycles. The van der Waals surface area contributed by atoms with Gasteiger partial charge in [0.1, 0.15) is 5.84 Å². The molecule has 1 aromatic heterocycles. The zero-order valence-corrected chi connectivity index (χ0v) is 15.7. The Morgan fingerprint density at radius 1 is 1.04 bits per heavy atom. The van der Waals surface area contributed by atoms with E-state index >= 15 is 0 Å². The summed E-state index contributed by atoms with van der Waals surface area (Å²) in [6.07, 6.45) is 3.08. The average molecular weight is 394 g/mol. The Bertz CT molecular complexity index is 1180. The fraction of sp³-hybridized carbons (Fsp3) is 0.150. The van der Waals surface area contributed by atoms with Crippen LogP contribution < -0.4 is 10.0 Å². The average Bonchev–Trinajstić information content (AvgIpc) is 3.20. The highest BCUT2D eigenvalue weighted by molar-refractivity contribution is 7.90. The van der Waals surface area contributed by atoms with E-state index in [1.165, 1.54) is 12.1 Å². The molecule has 4 rings (SSSR count). The molecule has 0 radical (unpaired) electrons. The molecule has 0 saturated heterocycles. The number of carbonyl (C=O) groups is 1. The predicted octanol–water partition coefficient (Wildman–Crippen LogP) is 2.96. The van der Waals surface area contributed by atoms with Crippen LogP contribution >= 0.6 is 0 Å². The lowest BCUT2D eigenvalue weighted by Crippen LogP contribution is -2.29. The first-order chi connectivity index (χ1) is 13.5. The summed E-state index contributed by atoms with van der Waals surface area (Å²) in [5.41, 5.74) is 1.39. The van der Waals surface area contributed by atoms with Crippen molar-refractivity contribution in [2.45, 2.75) is 17.7 Å². The normalized spacial score (nSPS) is 13.9. The highest BCUT2D eigenvalue weighted by Crippen LogP contribution is 2.20. The number of anilines is 1. The highest BCUT2D eigenvalue weighted by Gasteiger charge is 2.19. The summed E-state index contributed by atoms with van der Waals surface area (Å²) >= 11 is 0. The maximum atomic E-state index is 12.7. The van der Waals surface area contributed by atoms with E-state index in [1.807, 2.05) is 12.1 Å². The zero-order valence-electron chi connectivity index (χ0n) is 14.9. The van der Waals surface area contributed by atoms with Gasteiger partial charge in [0.15, 0.2) is 0 Å². The van der Waals surface area contributed by atoms with Crippen molar-refractivity contribution in [3.8, 4) is 0 Å². The monoisotopic (exact) mass is 394 g/mol. The van der Waals surface area contributed by atoms with Crippen LogP contribution in [0, 0.1) is 0 Å². The minimum Gasteiger partial charge on any atom is -0.322 e. The molecule has 28 heavy (non-hydrogen) atoms. The molecule has 2 heterocycles. The lowest BCUT2D eigenvalue weighted by atomic mass is 10.1. The van der Waals surface area contributed by atoms with Crippen molar-refractivity contribution in [2.24, 2.45) is 4.99 Å². The Morgan fingerprint density at radius 2 is 1.86 bits per heavy atom. The van der Waals surface area contributed by atoms with Gasteiger partial charge in [-0.2, -0.15) is 0 Å². The Labute approximate surface area is 162 Å². The van der Waals surface area contributed by atoms with Crippen molar-refractivity contribution in [3.05, 3.63) is 66.4 Å². The van der Waals surface area contributed by atoms with Crippen LogP contribution in [0.15, 0.2) is 70.7 Å². The Hall–Kier alpha value is -3.26. The second-order valence-corrected chi connectivity index (χ2v) is 8.08. The van der Waals surface area contributed by atoms with Gasteiger partial charge in [0.2, 0.25) is 0 Å². The SMILES string of the molecule is O=C(Nc1cccc(S(=O)(=O)NC2=NCCC2)c1)c1cccc2cccnc12. The van der Waals surface area contributed by atoms with Crippen LogP contribution in [0.1, 0.15) is 23.2 Å². The van der Waals surface area contributed by atoms with Gasteiger partial charge in [-0.15, -0.1) is 0 Å². The quantitative estimate of drug-likeness (QED) is 0.710. The molecule has 2 N–H and O–H groups in total. The van der Waals surface area contributed by atoms with Crippen molar-refractivity contribution in [3.63, 3.8) is 0 Å². The standard InChI is InChI=1S/C20H18N4O3S/c25-20(17-9-1-5-14-6-3-12-22-19(14)17)23-15-7-2-8-16(13-15)28(26,27)24-18-10-4-11-21-18/h1-3,5-9,12-13H,4,10-11H2,(H,21,24)(H,23,25). The summed E-state index contributed by atoms with van der Waals surface area (Å²) < 4.78 is 27.6. The minimum absolute atomic E-state index is 0.0657. The maximum absolute atomic E-state index is 12.7. The van der Waals surface area contributed by atoms with Crippen LogP contribution in [0.4, 0.5) is 5.69 Å². The number of amides is 1. The number of pyridine rings is 1. The second-order valence-electron chi connectivity index (χ2n) is 6.40. The van der Waals surface area contributed by atoms with E-state index in [-0.39, 0.29) is 10.8 Å². The first kappa shape index (κ1) is 18.1. The molecule has 0 saturated carbocycles. The second kappa shape index (κ2) is 7.40. The van der Waals surface area contributed by atoms with E-state index in [0.717, 1.165) is 11.8 Å². The summed E-state index contributed by atoms with van der Waals surface area (Å²) in [5.74, 6) is 0.114. The Kier molecular flexibility index (Phi) is 4.79. The van der Waals surface area contributed by atoms with Gasteiger partial charge in [0.25, 0.3) is 15.9 Å². The molecule has 1 aliphatic heterocycles. The van der Waals surface area contributed by atoms with Gasteiger partial charge in [-0.25, -0.2) is 8.42 Å². The van der Waals surface area contributed by atoms with Crippen LogP contribution in [0.25, 0.3) is 10.9 Å². The van der Waals surface area contributed by atoms with Gasteiger partial charge in [-0.1, -0.05) is 24.3 Å². The molecule has 0 bridgehead atoms. The van der Waals surface area contributed by atoms with Crippen molar-refractivity contribution >= 4 is 38.4 Å². The molecule has 8 heteroatoms. The molecular formula is C20H18N4O3S. The predicted molar refractivity (Wildman–Crippen MR) is 108 cm³/mol. The smallest absolute Gasteiger partial charge is 0.262 e. The topological polar surface area (TPSA) is 101 Å². The number of carbonyl (C=O) groups excluding carboxylic acids is 1. The number of aliphatic imine (C=N–C) groups is 1. The minimum atomic E-state index is -3.75. The first-order valence-corrected chi connectivity index (χ1v) is 10.3. The largest absolute Gasteiger partial charge is 0.322 e. The number of para-hydroxylation sites is 1.